The molecule has 1 aromatic rings. The molecule has 0 amide bonds. The maximum Gasteiger partial charge on any atom is 0.0547 e. The summed E-state index contributed by atoms with van der Waals surface area (Å²) in [6, 6.07) is 7.01. The molecule has 1 saturated heterocycles. The monoisotopic (exact) mass is 261 g/mol. The third-order valence-corrected chi connectivity index (χ3v) is 3.80. The molecule has 3 heteroatoms. The fourth-order valence-electron chi connectivity index (χ4n) is 2.76. The van der Waals surface area contributed by atoms with E-state index in [4.69, 9.17) is 0 Å². The number of unbranched alkanes of at least 4 members (excludes halogenated alkanes) is 1. The first-order valence-corrected chi connectivity index (χ1v) is 7.66. The van der Waals surface area contributed by atoms with Gasteiger partial charge in [-0.05, 0) is 51.4 Å². The Kier molecular flexibility index (Phi) is 5.80. The van der Waals surface area contributed by atoms with Crippen molar-refractivity contribution in [2.45, 2.75) is 52.1 Å². The van der Waals surface area contributed by atoms with E-state index in [0.29, 0.717) is 6.04 Å². The predicted molar refractivity (Wildman–Crippen MR) is 80.2 cm³/mol. The number of rotatable bonds is 7. The van der Waals surface area contributed by atoms with E-state index in [1.165, 1.54) is 44.5 Å². The lowest BCUT2D eigenvalue weighted by atomic mass is 10.2. The Morgan fingerprint density at radius 3 is 3.00 bits per heavy atom. The van der Waals surface area contributed by atoms with E-state index in [1.54, 1.807) is 0 Å². The van der Waals surface area contributed by atoms with Gasteiger partial charge in [0.2, 0.25) is 0 Å². The van der Waals surface area contributed by atoms with Crippen molar-refractivity contribution >= 4 is 0 Å². The van der Waals surface area contributed by atoms with Gasteiger partial charge in [-0.25, -0.2) is 0 Å². The molecule has 1 atom stereocenters. The molecule has 0 radical (unpaired) electrons. The van der Waals surface area contributed by atoms with Crippen molar-refractivity contribution in [2.75, 3.05) is 19.6 Å². The van der Waals surface area contributed by atoms with Crippen LogP contribution in [0.15, 0.2) is 18.2 Å². The molecule has 1 N–H and O–H groups in total. The molecule has 1 unspecified atom stereocenters. The minimum Gasteiger partial charge on any atom is -0.313 e. The molecule has 0 aliphatic carbocycles. The maximum absolute atomic E-state index is 4.63. The second-order valence-corrected chi connectivity index (χ2v) is 5.65. The van der Waals surface area contributed by atoms with Gasteiger partial charge < -0.3 is 5.32 Å². The summed E-state index contributed by atoms with van der Waals surface area (Å²) in [5.41, 5.74) is 2.32. The highest BCUT2D eigenvalue weighted by molar-refractivity contribution is 5.09. The first-order chi connectivity index (χ1) is 9.28. The molecule has 0 bridgehead atoms. The van der Waals surface area contributed by atoms with Crippen LogP contribution in [0.3, 0.4) is 0 Å². The summed E-state index contributed by atoms with van der Waals surface area (Å²) in [4.78, 5) is 7.20. The Balaban J connectivity index is 1.92. The summed E-state index contributed by atoms with van der Waals surface area (Å²) >= 11 is 0. The molecule has 0 spiro atoms. The second kappa shape index (κ2) is 7.61. The third kappa shape index (κ3) is 4.92. The van der Waals surface area contributed by atoms with Gasteiger partial charge in [0.05, 0.1) is 5.69 Å². The molecule has 1 aliphatic rings. The summed E-state index contributed by atoms with van der Waals surface area (Å²) in [5.74, 6) is 0. The quantitative estimate of drug-likeness (QED) is 0.818. The van der Waals surface area contributed by atoms with Crippen molar-refractivity contribution < 1.29 is 0 Å². The first kappa shape index (κ1) is 14.5. The molecule has 2 rings (SSSR count). The molecule has 1 aromatic heterocycles. The van der Waals surface area contributed by atoms with E-state index in [1.807, 2.05) is 0 Å². The molecule has 1 aliphatic heterocycles. The van der Waals surface area contributed by atoms with Crippen LogP contribution in [0, 0.1) is 6.92 Å². The van der Waals surface area contributed by atoms with Crippen LogP contribution in [0.4, 0.5) is 0 Å². The molecule has 0 aromatic carbocycles. The van der Waals surface area contributed by atoms with Crippen LogP contribution in [-0.2, 0) is 6.54 Å². The number of aryl methyl sites for hydroxylation is 1. The fraction of sp³-hybridized carbons (Fsp3) is 0.688. The van der Waals surface area contributed by atoms with Gasteiger partial charge in [0.25, 0.3) is 0 Å². The molecular weight excluding hydrogens is 234 g/mol. The minimum atomic E-state index is 0.682. The molecule has 3 nitrogen and oxygen atoms in total. The standard InChI is InChI=1S/C16H27N3/c1-3-4-11-19(12-15-9-6-10-17-15)13-16-8-5-7-14(2)18-16/h5,7-8,15,17H,3-4,6,9-13H2,1-2H3. The van der Waals surface area contributed by atoms with E-state index < -0.39 is 0 Å². The van der Waals surface area contributed by atoms with Gasteiger partial charge in [0.15, 0.2) is 0 Å². The Labute approximate surface area is 117 Å². The van der Waals surface area contributed by atoms with E-state index in [9.17, 15) is 0 Å². The van der Waals surface area contributed by atoms with Gasteiger partial charge in [-0.15, -0.1) is 0 Å². The SMILES string of the molecule is CCCCN(Cc1cccc(C)n1)CC1CCCN1. The molecule has 2 heterocycles. The van der Waals surface area contributed by atoms with Crippen molar-refractivity contribution in [1.82, 2.24) is 15.2 Å². The minimum absolute atomic E-state index is 0.682. The summed E-state index contributed by atoms with van der Waals surface area (Å²) in [6.07, 6.45) is 5.19. The summed E-state index contributed by atoms with van der Waals surface area (Å²) in [5, 5.41) is 3.60. The first-order valence-electron chi connectivity index (χ1n) is 7.66. The van der Waals surface area contributed by atoms with Crippen molar-refractivity contribution in [1.29, 1.82) is 0 Å². The van der Waals surface area contributed by atoms with Crippen LogP contribution >= 0.6 is 0 Å². The van der Waals surface area contributed by atoms with E-state index in [0.717, 1.165) is 18.8 Å². The number of nitrogens with one attached hydrogen (secondary N) is 1. The lowest BCUT2D eigenvalue weighted by Crippen LogP contribution is -2.37. The third-order valence-electron chi connectivity index (χ3n) is 3.80. The molecule has 106 valence electrons. The molecule has 1 fully saturated rings. The normalized spacial score (nSPS) is 19.2. The van der Waals surface area contributed by atoms with Gasteiger partial charge in [0.1, 0.15) is 0 Å². The molecule has 0 saturated carbocycles. The largest absolute Gasteiger partial charge is 0.313 e. The average Bonchev–Trinajstić information content (AvgIpc) is 2.89. The van der Waals surface area contributed by atoms with E-state index in [-0.39, 0.29) is 0 Å². The van der Waals surface area contributed by atoms with Crippen LogP contribution in [-0.4, -0.2) is 35.6 Å². The fourth-order valence-corrected chi connectivity index (χ4v) is 2.76. The van der Waals surface area contributed by atoms with Crippen LogP contribution in [0.1, 0.15) is 44.0 Å². The summed E-state index contributed by atoms with van der Waals surface area (Å²) < 4.78 is 0. The lowest BCUT2D eigenvalue weighted by Gasteiger charge is -2.25. The van der Waals surface area contributed by atoms with Crippen LogP contribution in [0.5, 0.6) is 0 Å². The average molecular weight is 261 g/mol. The highest BCUT2D eigenvalue weighted by Gasteiger charge is 2.18. The number of hydrogen-bond donors (Lipinski definition) is 1. The Bertz CT molecular complexity index is 372. The predicted octanol–water partition coefficient (Wildman–Crippen LogP) is 2.74. The number of nitrogens with zero attached hydrogens (tertiary/aromatic N) is 2. The number of pyridine rings is 1. The molecular formula is C16H27N3. The lowest BCUT2D eigenvalue weighted by molar-refractivity contribution is 0.235. The van der Waals surface area contributed by atoms with Gasteiger partial charge in [-0.1, -0.05) is 19.4 Å². The Morgan fingerprint density at radius 2 is 2.32 bits per heavy atom. The van der Waals surface area contributed by atoms with Crippen LogP contribution < -0.4 is 5.32 Å². The highest BCUT2D eigenvalue weighted by Crippen LogP contribution is 2.11. The van der Waals surface area contributed by atoms with Gasteiger partial charge in [-0.3, -0.25) is 9.88 Å². The molecule has 19 heavy (non-hydrogen) atoms. The Hall–Kier alpha value is -0.930. The van der Waals surface area contributed by atoms with Gasteiger partial charge in [0, 0.05) is 24.8 Å². The van der Waals surface area contributed by atoms with E-state index >= 15 is 0 Å². The van der Waals surface area contributed by atoms with Crippen molar-refractivity contribution in [2.24, 2.45) is 0 Å². The zero-order valence-electron chi connectivity index (χ0n) is 12.4. The summed E-state index contributed by atoms with van der Waals surface area (Å²) in [6.45, 7) is 8.85. The van der Waals surface area contributed by atoms with Crippen molar-refractivity contribution in [3.8, 4) is 0 Å². The van der Waals surface area contributed by atoms with Gasteiger partial charge >= 0.3 is 0 Å². The summed E-state index contributed by atoms with van der Waals surface area (Å²) in [7, 11) is 0. The van der Waals surface area contributed by atoms with Gasteiger partial charge in [-0.2, -0.15) is 0 Å². The second-order valence-electron chi connectivity index (χ2n) is 5.65. The van der Waals surface area contributed by atoms with Crippen molar-refractivity contribution in [3.63, 3.8) is 0 Å². The number of aromatic nitrogens is 1. The van der Waals surface area contributed by atoms with Crippen molar-refractivity contribution in [3.05, 3.63) is 29.6 Å². The zero-order chi connectivity index (χ0) is 13.5. The topological polar surface area (TPSA) is 28.2 Å². The highest BCUT2D eigenvalue weighted by atomic mass is 15.2. The smallest absolute Gasteiger partial charge is 0.0547 e. The van der Waals surface area contributed by atoms with E-state index in [2.05, 4.69) is 47.2 Å². The zero-order valence-corrected chi connectivity index (χ0v) is 12.4. The van der Waals surface area contributed by atoms with Crippen LogP contribution in [0.25, 0.3) is 0 Å². The number of hydrogen-bond acceptors (Lipinski definition) is 3. The maximum atomic E-state index is 4.63. The van der Waals surface area contributed by atoms with Crippen LogP contribution in [0.2, 0.25) is 0 Å². The Morgan fingerprint density at radius 1 is 1.42 bits per heavy atom.